The first-order valence-corrected chi connectivity index (χ1v) is 8.45. The Labute approximate surface area is 124 Å². The number of ether oxygens (including phenoxy) is 1. The van der Waals surface area contributed by atoms with E-state index in [0.29, 0.717) is 24.2 Å². The molecule has 3 N–H and O–H groups in total. The Hall–Kier alpha value is -1.63. The van der Waals surface area contributed by atoms with Crippen molar-refractivity contribution in [2.75, 3.05) is 18.9 Å². The Morgan fingerprint density at radius 3 is 2.67 bits per heavy atom. The minimum atomic E-state index is -3.58. The number of hydrogen-bond acceptors (Lipinski definition) is 4. The first-order chi connectivity index (χ1) is 10.1. The molecule has 1 heterocycles. The van der Waals surface area contributed by atoms with Crippen LogP contribution in [0, 0.1) is 0 Å². The molecular formula is C15H18N2O3S. The third kappa shape index (κ3) is 2.88. The normalized spacial score (nSPS) is 19.1. The highest BCUT2D eigenvalue weighted by Crippen LogP contribution is 2.27. The number of sulfonamides is 1. The van der Waals surface area contributed by atoms with Crippen LogP contribution in [0.15, 0.2) is 41.3 Å². The van der Waals surface area contributed by atoms with E-state index < -0.39 is 10.0 Å². The Kier molecular flexibility index (Phi) is 3.84. The maximum absolute atomic E-state index is 12.5. The zero-order chi connectivity index (χ0) is 14.9. The van der Waals surface area contributed by atoms with Gasteiger partial charge in [-0.15, -0.1) is 0 Å². The van der Waals surface area contributed by atoms with Gasteiger partial charge in [0.25, 0.3) is 0 Å². The molecule has 1 unspecified atom stereocenters. The van der Waals surface area contributed by atoms with Crippen LogP contribution < -0.4 is 10.5 Å². The van der Waals surface area contributed by atoms with Gasteiger partial charge in [-0.3, -0.25) is 0 Å². The Morgan fingerprint density at radius 2 is 1.95 bits per heavy atom. The number of nitrogens with two attached hydrogens (primary N) is 1. The van der Waals surface area contributed by atoms with Gasteiger partial charge in [0, 0.05) is 29.6 Å². The van der Waals surface area contributed by atoms with Crippen molar-refractivity contribution in [3.63, 3.8) is 0 Å². The summed E-state index contributed by atoms with van der Waals surface area (Å²) < 4.78 is 33.1. The minimum absolute atomic E-state index is 0.0279. The van der Waals surface area contributed by atoms with Crippen LogP contribution in [0.4, 0.5) is 5.69 Å². The summed E-state index contributed by atoms with van der Waals surface area (Å²) in [6.07, 6.45) is 1.85. The van der Waals surface area contributed by atoms with E-state index in [9.17, 15) is 8.42 Å². The minimum Gasteiger partial charge on any atom is -0.398 e. The first-order valence-electron chi connectivity index (χ1n) is 6.96. The lowest BCUT2D eigenvalue weighted by molar-refractivity contribution is 0.114. The molecule has 3 rings (SSSR count). The van der Waals surface area contributed by atoms with Gasteiger partial charge in [0.05, 0.1) is 11.0 Å². The standard InChI is InChI=1S/C15H18N2O3S/c16-14-7-8-15(13-6-2-1-5-12(13)14)21(18,19)17-10-11-4-3-9-20-11/h1-2,5-8,11,17H,3-4,9-10,16H2. The van der Waals surface area contributed by atoms with Gasteiger partial charge in [-0.05, 0) is 25.0 Å². The summed E-state index contributed by atoms with van der Waals surface area (Å²) in [5.41, 5.74) is 6.48. The molecule has 1 fully saturated rings. The molecule has 0 spiro atoms. The topological polar surface area (TPSA) is 81.4 Å². The van der Waals surface area contributed by atoms with E-state index in [-0.39, 0.29) is 11.0 Å². The van der Waals surface area contributed by atoms with Crippen molar-refractivity contribution in [1.82, 2.24) is 4.72 Å². The Balaban J connectivity index is 1.93. The summed E-state index contributed by atoms with van der Waals surface area (Å²) in [6, 6.07) is 10.4. The molecule has 5 nitrogen and oxygen atoms in total. The second-order valence-corrected chi connectivity index (χ2v) is 6.92. The van der Waals surface area contributed by atoms with Crippen molar-refractivity contribution in [3.05, 3.63) is 36.4 Å². The number of nitrogens with one attached hydrogen (secondary N) is 1. The number of hydrogen-bond donors (Lipinski definition) is 2. The average Bonchev–Trinajstić information content (AvgIpc) is 2.99. The van der Waals surface area contributed by atoms with Crippen molar-refractivity contribution in [2.45, 2.75) is 23.8 Å². The van der Waals surface area contributed by atoms with E-state index in [1.165, 1.54) is 0 Å². The molecule has 1 aliphatic heterocycles. The van der Waals surface area contributed by atoms with Crippen LogP contribution in [0.3, 0.4) is 0 Å². The zero-order valence-corrected chi connectivity index (χ0v) is 12.4. The van der Waals surface area contributed by atoms with Crippen LogP contribution in [-0.4, -0.2) is 27.7 Å². The average molecular weight is 306 g/mol. The second-order valence-electron chi connectivity index (χ2n) is 5.19. The molecule has 1 aliphatic rings. The van der Waals surface area contributed by atoms with E-state index >= 15 is 0 Å². The highest BCUT2D eigenvalue weighted by atomic mass is 32.2. The van der Waals surface area contributed by atoms with Crippen LogP contribution >= 0.6 is 0 Å². The monoisotopic (exact) mass is 306 g/mol. The highest BCUT2D eigenvalue weighted by molar-refractivity contribution is 7.89. The number of nitrogen functional groups attached to an aromatic ring is 1. The first kappa shape index (κ1) is 14.3. The van der Waals surface area contributed by atoms with Crippen LogP contribution in [-0.2, 0) is 14.8 Å². The number of rotatable bonds is 4. The fraction of sp³-hybridized carbons (Fsp3) is 0.333. The Bertz CT molecular complexity index is 753. The lowest BCUT2D eigenvalue weighted by atomic mass is 10.1. The second kappa shape index (κ2) is 5.63. The summed E-state index contributed by atoms with van der Waals surface area (Å²) >= 11 is 0. The van der Waals surface area contributed by atoms with E-state index in [4.69, 9.17) is 10.5 Å². The van der Waals surface area contributed by atoms with Crippen molar-refractivity contribution in [2.24, 2.45) is 0 Å². The van der Waals surface area contributed by atoms with E-state index in [1.807, 2.05) is 12.1 Å². The van der Waals surface area contributed by atoms with Gasteiger partial charge >= 0.3 is 0 Å². The third-order valence-corrected chi connectivity index (χ3v) is 5.21. The molecule has 1 saturated heterocycles. The zero-order valence-electron chi connectivity index (χ0n) is 11.6. The highest BCUT2D eigenvalue weighted by Gasteiger charge is 2.22. The molecule has 0 aliphatic carbocycles. The summed E-state index contributed by atoms with van der Waals surface area (Å²) in [5, 5.41) is 1.38. The molecule has 6 heteroatoms. The lowest BCUT2D eigenvalue weighted by Crippen LogP contribution is -2.31. The summed E-state index contributed by atoms with van der Waals surface area (Å²) in [5.74, 6) is 0. The fourth-order valence-corrected chi connectivity index (χ4v) is 3.89. The van der Waals surface area contributed by atoms with Gasteiger partial charge < -0.3 is 10.5 Å². The number of benzene rings is 2. The SMILES string of the molecule is Nc1ccc(S(=O)(=O)NCC2CCCO2)c2ccccc12. The van der Waals surface area contributed by atoms with Gasteiger partial charge in [0.1, 0.15) is 0 Å². The predicted octanol–water partition coefficient (Wildman–Crippen LogP) is 1.88. The van der Waals surface area contributed by atoms with Crippen LogP contribution in [0.25, 0.3) is 10.8 Å². The predicted molar refractivity (Wildman–Crippen MR) is 82.5 cm³/mol. The number of anilines is 1. The summed E-state index contributed by atoms with van der Waals surface area (Å²) in [6.45, 7) is 1.01. The van der Waals surface area contributed by atoms with E-state index in [2.05, 4.69) is 4.72 Å². The van der Waals surface area contributed by atoms with Crippen molar-refractivity contribution < 1.29 is 13.2 Å². The number of fused-ring (bicyclic) bond motifs is 1. The molecule has 1 atom stereocenters. The van der Waals surface area contributed by atoms with Crippen LogP contribution in [0.2, 0.25) is 0 Å². The van der Waals surface area contributed by atoms with Gasteiger partial charge in [0.2, 0.25) is 10.0 Å². The van der Waals surface area contributed by atoms with Gasteiger partial charge in [0.15, 0.2) is 0 Å². The van der Waals surface area contributed by atoms with Crippen molar-refractivity contribution >= 4 is 26.5 Å². The molecule has 0 radical (unpaired) electrons. The molecule has 2 aromatic carbocycles. The molecule has 0 saturated carbocycles. The fourth-order valence-electron chi connectivity index (χ4n) is 2.61. The summed E-state index contributed by atoms with van der Waals surface area (Å²) in [4.78, 5) is 0.255. The lowest BCUT2D eigenvalue weighted by Gasteiger charge is -2.13. The third-order valence-electron chi connectivity index (χ3n) is 3.73. The van der Waals surface area contributed by atoms with Gasteiger partial charge in [-0.1, -0.05) is 24.3 Å². The largest absolute Gasteiger partial charge is 0.398 e. The summed E-state index contributed by atoms with van der Waals surface area (Å²) in [7, 11) is -3.58. The molecule has 0 aromatic heterocycles. The quantitative estimate of drug-likeness (QED) is 0.845. The molecule has 112 valence electrons. The van der Waals surface area contributed by atoms with Gasteiger partial charge in [-0.25, -0.2) is 13.1 Å². The Morgan fingerprint density at radius 1 is 1.19 bits per heavy atom. The molecule has 2 aromatic rings. The molecule has 0 bridgehead atoms. The van der Waals surface area contributed by atoms with E-state index in [0.717, 1.165) is 18.2 Å². The van der Waals surface area contributed by atoms with Crippen molar-refractivity contribution in [3.8, 4) is 0 Å². The van der Waals surface area contributed by atoms with Crippen LogP contribution in [0.1, 0.15) is 12.8 Å². The molecule has 0 amide bonds. The molecule has 21 heavy (non-hydrogen) atoms. The maximum Gasteiger partial charge on any atom is 0.241 e. The van der Waals surface area contributed by atoms with Crippen LogP contribution in [0.5, 0.6) is 0 Å². The van der Waals surface area contributed by atoms with Gasteiger partial charge in [-0.2, -0.15) is 0 Å². The maximum atomic E-state index is 12.5. The smallest absolute Gasteiger partial charge is 0.241 e. The molecular weight excluding hydrogens is 288 g/mol. The van der Waals surface area contributed by atoms with Crippen molar-refractivity contribution in [1.29, 1.82) is 0 Å². The van der Waals surface area contributed by atoms with E-state index in [1.54, 1.807) is 24.3 Å².